The molecule has 4 rings (SSSR count). The SMILES string of the molecule is Cc1nc2cc(-c3ccc(C4CC4CC(C)NS(=O)[O-])cc3)ccc2s1. The minimum absolute atomic E-state index is 0.00379. The third kappa shape index (κ3) is 3.88. The Balaban J connectivity index is 1.44. The molecule has 4 nitrogen and oxygen atoms in total. The largest absolute Gasteiger partial charge is 0.760 e. The van der Waals surface area contributed by atoms with Gasteiger partial charge < -0.3 is 4.55 Å². The van der Waals surface area contributed by atoms with Crippen molar-refractivity contribution in [1.82, 2.24) is 9.71 Å². The lowest BCUT2D eigenvalue weighted by atomic mass is 10.0. The standard InChI is InChI=1S/C20H22N2O2S2/c1-12(22-26(23)24)9-17-10-18(17)15-5-3-14(4-6-15)16-7-8-20-19(11-16)21-13(2)25-20/h3-8,11-12,17-18,22H,9-10H2,1-2H3,(H,23,24)/p-1. The summed E-state index contributed by atoms with van der Waals surface area (Å²) in [5.74, 6) is 1.12. The highest BCUT2D eigenvalue weighted by atomic mass is 32.2. The number of nitrogens with zero attached hydrogens (tertiary/aromatic N) is 1. The van der Waals surface area contributed by atoms with Gasteiger partial charge in [-0.3, -0.25) is 4.21 Å². The Morgan fingerprint density at radius 1 is 1.27 bits per heavy atom. The number of hydrogen-bond acceptors (Lipinski definition) is 4. The van der Waals surface area contributed by atoms with Crippen molar-refractivity contribution in [3.63, 3.8) is 0 Å². The minimum Gasteiger partial charge on any atom is -0.760 e. The summed E-state index contributed by atoms with van der Waals surface area (Å²) in [5, 5.41) is 1.09. The molecular formula is C20H21N2O2S2-. The Kier molecular flexibility index (Phi) is 4.92. The molecule has 1 aromatic heterocycles. The van der Waals surface area contributed by atoms with Crippen molar-refractivity contribution in [2.75, 3.05) is 0 Å². The van der Waals surface area contributed by atoms with Crippen LogP contribution >= 0.6 is 11.3 Å². The van der Waals surface area contributed by atoms with Crippen molar-refractivity contribution in [2.24, 2.45) is 5.92 Å². The maximum absolute atomic E-state index is 10.7. The molecule has 1 aliphatic rings. The number of thiazole rings is 1. The van der Waals surface area contributed by atoms with Gasteiger partial charge in [-0.05, 0) is 67.3 Å². The van der Waals surface area contributed by atoms with Gasteiger partial charge >= 0.3 is 0 Å². The van der Waals surface area contributed by atoms with Crippen LogP contribution in [0.15, 0.2) is 42.5 Å². The monoisotopic (exact) mass is 385 g/mol. The summed E-state index contributed by atoms with van der Waals surface area (Å²) in [7, 11) is 0. The van der Waals surface area contributed by atoms with Crippen molar-refractivity contribution in [3.8, 4) is 11.1 Å². The predicted octanol–water partition coefficient (Wildman–Crippen LogP) is 4.54. The summed E-state index contributed by atoms with van der Waals surface area (Å²) < 4.78 is 25.2. The molecule has 136 valence electrons. The fourth-order valence-corrected chi connectivity index (χ4v) is 4.96. The third-order valence-corrected chi connectivity index (χ3v) is 6.59. The molecule has 0 amide bonds. The van der Waals surface area contributed by atoms with Gasteiger partial charge in [-0.2, -0.15) is 0 Å². The van der Waals surface area contributed by atoms with Gasteiger partial charge in [0.1, 0.15) is 0 Å². The van der Waals surface area contributed by atoms with Crippen LogP contribution < -0.4 is 4.72 Å². The number of nitrogens with one attached hydrogen (secondary N) is 1. The van der Waals surface area contributed by atoms with Gasteiger partial charge in [0.15, 0.2) is 0 Å². The van der Waals surface area contributed by atoms with E-state index in [1.807, 2.05) is 13.8 Å². The number of rotatable bonds is 6. The zero-order chi connectivity index (χ0) is 18.3. The van der Waals surface area contributed by atoms with Gasteiger partial charge in [-0.15, -0.1) is 11.3 Å². The molecule has 0 saturated heterocycles. The fourth-order valence-electron chi connectivity index (χ4n) is 3.73. The lowest BCUT2D eigenvalue weighted by molar-refractivity contribution is 0.490. The van der Waals surface area contributed by atoms with Crippen LogP contribution in [0.2, 0.25) is 0 Å². The van der Waals surface area contributed by atoms with Crippen LogP contribution in [-0.2, 0) is 11.3 Å². The normalized spacial score (nSPS) is 21.7. The van der Waals surface area contributed by atoms with E-state index in [1.165, 1.54) is 21.4 Å². The van der Waals surface area contributed by atoms with Crippen molar-refractivity contribution < 1.29 is 8.76 Å². The van der Waals surface area contributed by atoms with E-state index in [9.17, 15) is 8.76 Å². The molecule has 1 saturated carbocycles. The Morgan fingerprint density at radius 3 is 2.73 bits per heavy atom. The summed E-state index contributed by atoms with van der Waals surface area (Å²) in [5.41, 5.74) is 4.81. The van der Waals surface area contributed by atoms with E-state index in [-0.39, 0.29) is 6.04 Å². The fraction of sp³-hybridized carbons (Fsp3) is 0.350. The molecule has 6 heteroatoms. The molecule has 1 N–H and O–H groups in total. The van der Waals surface area contributed by atoms with Crippen LogP contribution in [0.4, 0.5) is 0 Å². The average molecular weight is 386 g/mol. The molecule has 1 fully saturated rings. The van der Waals surface area contributed by atoms with E-state index >= 15 is 0 Å². The molecule has 0 bridgehead atoms. The van der Waals surface area contributed by atoms with E-state index in [1.54, 1.807) is 11.3 Å². The molecule has 3 aromatic rings. The second kappa shape index (κ2) is 7.19. The van der Waals surface area contributed by atoms with Gasteiger partial charge in [0.05, 0.1) is 15.2 Å². The first-order valence-corrected chi connectivity index (χ1v) is 10.7. The molecule has 4 unspecified atom stereocenters. The van der Waals surface area contributed by atoms with Crippen molar-refractivity contribution >= 4 is 32.8 Å². The van der Waals surface area contributed by atoms with Crippen LogP contribution in [0, 0.1) is 12.8 Å². The maximum Gasteiger partial charge on any atom is 0.0907 e. The van der Waals surface area contributed by atoms with Gasteiger partial charge in [-0.1, -0.05) is 30.3 Å². The van der Waals surface area contributed by atoms with Gasteiger partial charge in [0.25, 0.3) is 0 Å². The van der Waals surface area contributed by atoms with Gasteiger partial charge in [0.2, 0.25) is 0 Å². The average Bonchev–Trinajstić information content (AvgIpc) is 3.24. The highest BCUT2D eigenvalue weighted by Crippen LogP contribution is 2.50. The molecule has 4 atom stereocenters. The zero-order valence-corrected chi connectivity index (χ0v) is 16.4. The zero-order valence-electron chi connectivity index (χ0n) is 14.8. The number of aryl methyl sites for hydroxylation is 1. The summed E-state index contributed by atoms with van der Waals surface area (Å²) >= 11 is -0.453. The third-order valence-electron chi connectivity index (χ3n) is 5.04. The van der Waals surface area contributed by atoms with Crippen molar-refractivity contribution in [1.29, 1.82) is 0 Å². The van der Waals surface area contributed by atoms with Crippen molar-refractivity contribution in [2.45, 2.75) is 38.6 Å². The number of hydrogen-bond donors (Lipinski definition) is 1. The molecule has 26 heavy (non-hydrogen) atoms. The van der Waals surface area contributed by atoms with E-state index in [2.05, 4.69) is 52.2 Å². The number of aromatic nitrogens is 1. The minimum atomic E-state index is -2.18. The van der Waals surface area contributed by atoms with Crippen LogP contribution in [0.3, 0.4) is 0 Å². The lowest BCUT2D eigenvalue weighted by Gasteiger charge is -2.15. The molecule has 2 aromatic carbocycles. The Labute approximate surface area is 160 Å². The predicted molar refractivity (Wildman–Crippen MR) is 107 cm³/mol. The van der Waals surface area contributed by atoms with Crippen LogP contribution in [0.5, 0.6) is 0 Å². The number of fused-ring (bicyclic) bond motifs is 1. The van der Waals surface area contributed by atoms with E-state index in [0.717, 1.165) is 23.4 Å². The second-order valence-electron chi connectivity index (χ2n) is 7.13. The van der Waals surface area contributed by atoms with Crippen molar-refractivity contribution in [3.05, 3.63) is 53.0 Å². The quantitative estimate of drug-likeness (QED) is 0.634. The smallest absolute Gasteiger partial charge is 0.0907 e. The summed E-state index contributed by atoms with van der Waals surface area (Å²) in [6, 6.07) is 15.2. The highest BCUT2D eigenvalue weighted by Gasteiger charge is 2.38. The van der Waals surface area contributed by atoms with E-state index in [4.69, 9.17) is 0 Å². The molecule has 0 aliphatic heterocycles. The summed E-state index contributed by atoms with van der Waals surface area (Å²) in [6.45, 7) is 3.96. The molecule has 0 spiro atoms. The molecule has 1 aliphatic carbocycles. The van der Waals surface area contributed by atoms with Crippen LogP contribution in [0.25, 0.3) is 21.3 Å². The topological polar surface area (TPSA) is 65.0 Å². The van der Waals surface area contributed by atoms with E-state index in [0.29, 0.717) is 11.8 Å². The summed E-state index contributed by atoms with van der Waals surface area (Å²) in [4.78, 5) is 4.58. The van der Waals surface area contributed by atoms with Gasteiger partial charge in [0, 0.05) is 17.3 Å². The van der Waals surface area contributed by atoms with Gasteiger partial charge in [-0.25, -0.2) is 9.71 Å². The molecule has 1 heterocycles. The number of benzene rings is 2. The Hall–Kier alpha value is -1.60. The Morgan fingerprint density at radius 2 is 2.00 bits per heavy atom. The first kappa shape index (κ1) is 17.8. The van der Waals surface area contributed by atoms with E-state index < -0.39 is 11.3 Å². The Bertz CT molecular complexity index is 952. The highest BCUT2D eigenvalue weighted by molar-refractivity contribution is 7.77. The first-order chi connectivity index (χ1) is 12.5. The summed E-state index contributed by atoms with van der Waals surface area (Å²) in [6.07, 6.45) is 2.03. The maximum atomic E-state index is 10.7. The molecular weight excluding hydrogens is 364 g/mol. The lowest BCUT2D eigenvalue weighted by Crippen LogP contribution is -2.28. The second-order valence-corrected chi connectivity index (χ2v) is 9.07. The van der Waals surface area contributed by atoms with Crippen LogP contribution in [-0.4, -0.2) is 19.8 Å². The molecule has 0 radical (unpaired) electrons. The van der Waals surface area contributed by atoms with Crippen LogP contribution in [0.1, 0.15) is 36.3 Å². The first-order valence-electron chi connectivity index (χ1n) is 8.82.